The Morgan fingerprint density at radius 2 is 0.690 bits per heavy atom. The molecule has 58 heavy (non-hydrogen) atoms. The Kier molecular flexibility index (Phi) is 9.04. The summed E-state index contributed by atoms with van der Waals surface area (Å²) in [4.78, 5) is 4.85. The van der Waals surface area contributed by atoms with E-state index in [1.165, 1.54) is 89.5 Å². The maximum absolute atomic E-state index is 2.56. The topological polar surface area (TPSA) is 6.48 Å². The first-order chi connectivity index (χ1) is 27.8. The average Bonchev–Trinajstić information content (AvgIpc) is 3.57. The average molecular weight is 757 g/mol. The van der Waals surface area contributed by atoms with Gasteiger partial charge >= 0.3 is 0 Å². The molecule has 2 heteroatoms. The molecule has 2 nitrogen and oxygen atoms in total. The fourth-order valence-electron chi connectivity index (χ4n) is 9.90. The van der Waals surface area contributed by atoms with E-state index in [1.54, 1.807) is 0 Å². The van der Waals surface area contributed by atoms with Gasteiger partial charge in [-0.3, -0.25) is 0 Å². The third kappa shape index (κ3) is 5.99. The maximum Gasteiger partial charge on any atom is 0.0467 e. The minimum absolute atomic E-state index is 0.183. The van der Waals surface area contributed by atoms with Crippen molar-refractivity contribution in [1.82, 2.24) is 0 Å². The minimum Gasteiger partial charge on any atom is -0.310 e. The number of anilines is 6. The zero-order valence-corrected chi connectivity index (χ0v) is 35.9. The van der Waals surface area contributed by atoms with Crippen molar-refractivity contribution in [3.8, 4) is 22.3 Å². The smallest absolute Gasteiger partial charge is 0.0467 e. The van der Waals surface area contributed by atoms with Crippen LogP contribution < -0.4 is 9.80 Å². The number of hydrogen-bond donors (Lipinski definition) is 0. The van der Waals surface area contributed by atoms with Gasteiger partial charge in [-0.15, -0.1) is 0 Å². The van der Waals surface area contributed by atoms with Gasteiger partial charge in [0.1, 0.15) is 0 Å². The molecule has 0 heterocycles. The quantitative estimate of drug-likeness (QED) is 0.152. The summed E-state index contributed by atoms with van der Waals surface area (Å²) in [5.41, 5.74) is 23.2. The van der Waals surface area contributed by atoms with Crippen molar-refractivity contribution in [2.24, 2.45) is 0 Å². The Morgan fingerprint density at radius 1 is 0.362 bits per heavy atom. The fraction of sp³-hybridized carbons (Fsp3) is 0.250. The first-order valence-electron chi connectivity index (χ1n) is 21.2. The van der Waals surface area contributed by atoms with Crippen LogP contribution in [0.5, 0.6) is 0 Å². The first kappa shape index (κ1) is 37.7. The molecule has 0 saturated heterocycles. The van der Waals surface area contributed by atoms with Crippen LogP contribution in [-0.4, -0.2) is 0 Å². The highest BCUT2D eigenvalue weighted by molar-refractivity contribution is 5.94. The van der Waals surface area contributed by atoms with Crippen molar-refractivity contribution in [3.63, 3.8) is 0 Å². The largest absolute Gasteiger partial charge is 0.310 e. The lowest BCUT2D eigenvalue weighted by Crippen LogP contribution is -2.18. The van der Waals surface area contributed by atoms with Crippen LogP contribution in [0.1, 0.15) is 112 Å². The number of hydrogen-bond acceptors (Lipinski definition) is 2. The van der Waals surface area contributed by atoms with Crippen LogP contribution in [0.15, 0.2) is 146 Å². The Bertz CT molecular complexity index is 2470. The van der Waals surface area contributed by atoms with Gasteiger partial charge in [0.2, 0.25) is 0 Å². The number of fused-ring (bicyclic) bond motifs is 6. The van der Waals surface area contributed by atoms with Crippen LogP contribution in [0.2, 0.25) is 0 Å². The van der Waals surface area contributed by atoms with E-state index < -0.39 is 0 Å². The van der Waals surface area contributed by atoms with Crippen LogP contribution in [0.25, 0.3) is 22.3 Å². The molecule has 0 aliphatic heterocycles. The highest BCUT2D eigenvalue weighted by atomic mass is 15.1. The van der Waals surface area contributed by atoms with Crippen molar-refractivity contribution >= 4 is 34.1 Å². The summed E-state index contributed by atoms with van der Waals surface area (Å²) in [6.07, 6.45) is 0. The van der Waals surface area contributed by atoms with E-state index in [9.17, 15) is 0 Å². The molecule has 0 unspecified atom stereocenters. The van der Waals surface area contributed by atoms with E-state index >= 15 is 0 Å². The lowest BCUT2D eigenvalue weighted by atomic mass is 9.79. The molecule has 2 aliphatic carbocycles. The van der Waals surface area contributed by atoms with E-state index in [1.807, 2.05) is 0 Å². The number of para-hydroxylation sites is 2. The zero-order valence-electron chi connectivity index (χ0n) is 35.9. The van der Waals surface area contributed by atoms with Gasteiger partial charge in [0.25, 0.3) is 0 Å². The predicted octanol–water partition coefficient (Wildman–Crippen LogP) is 16.1. The summed E-state index contributed by atoms with van der Waals surface area (Å²) in [6.45, 7) is 23.4. The van der Waals surface area contributed by atoms with Gasteiger partial charge in [-0.2, -0.15) is 0 Å². The highest BCUT2D eigenvalue weighted by Crippen LogP contribution is 2.59. The second-order valence-electron chi connectivity index (χ2n) is 18.4. The molecule has 0 N–H and O–H groups in total. The Morgan fingerprint density at radius 3 is 1.02 bits per heavy atom. The molecule has 7 aromatic rings. The standard InChI is InChI=1S/C56H56N2/c1-35(2)39-21-25-43(26-22-39)57(41-17-13-11-14-18-41)45-29-37(5)53-47-33-50-48(34-49(47)55(7,8)51(53)31-45)54-38(6)30-46(32-52(54)56(50,9)10)58(42-19-15-12-16-20-42)44-27-23-40(24-28-44)36(3)4/h11-36H,1-10H3. The monoisotopic (exact) mass is 756 g/mol. The van der Waals surface area contributed by atoms with Crippen LogP contribution in [0.3, 0.4) is 0 Å². The maximum atomic E-state index is 2.56. The second-order valence-corrected chi connectivity index (χ2v) is 18.4. The van der Waals surface area contributed by atoms with E-state index in [0.717, 1.165) is 11.4 Å². The molecule has 0 fully saturated rings. The number of nitrogens with zero attached hydrogens (tertiary/aromatic N) is 2. The van der Waals surface area contributed by atoms with Gasteiger partial charge in [-0.25, -0.2) is 0 Å². The van der Waals surface area contributed by atoms with Crippen molar-refractivity contribution < 1.29 is 0 Å². The molecule has 0 atom stereocenters. The van der Waals surface area contributed by atoms with E-state index in [2.05, 4.69) is 225 Å². The van der Waals surface area contributed by atoms with E-state index in [0.29, 0.717) is 11.8 Å². The molecule has 2 aliphatic rings. The van der Waals surface area contributed by atoms with Gasteiger partial charge in [-0.1, -0.05) is 116 Å². The second kappa shape index (κ2) is 13.9. The summed E-state index contributed by atoms with van der Waals surface area (Å²) < 4.78 is 0. The predicted molar refractivity (Wildman–Crippen MR) is 249 cm³/mol. The van der Waals surface area contributed by atoms with Gasteiger partial charge in [0, 0.05) is 45.0 Å². The summed E-state index contributed by atoms with van der Waals surface area (Å²) in [7, 11) is 0. The van der Waals surface area contributed by atoms with Crippen molar-refractivity contribution in [3.05, 3.63) is 190 Å². The van der Waals surface area contributed by atoms with E-state index in [4.69, 9.17) is 0 Å². The lowest BCUT2D eigenvalue weighted by molar-refractivity contribution is 0.652. The number of benzene rings is 7. The first-order valence-corrected chi connectivity index (χ1v) is 21.2. The van der Waals surface area contributed by atoms with Gasteiger partial charge in [0.15, 0.2) is 0 Å². The highest BCUT2D eigenvalue weighted by Gasteiger charge is 2.43. The molecule has 0 spiro atoms. The van der Waals surface area contributed by atoms with Gasteiger partial charge < -0.3 is 9.80 Å². The number of rotatable bonds is 8. The molecule has 0 bridgehead atoms. The van der Waals surface area contributed by atoms with Crippen LogP contribution >= 0.6 is 0 Å². The van der Waals surface area contributed by atoms with Gasteiger partial charge in [-0.05, 0) is 177 Å². The molecule has 0 aromatic heterocycles. The van der Waals surface area contributed by atoms with Gasteiger partial charge in [0.05, 0.1) is 0 Å². The van der Waals surface area contributed by atoms with Crippen molar-refractivity contribution in [2.45, 2.75) is 91.9 Å². The third-order valence-corrected chi connectivity index (χ3v) is 13.2. The lowest BCUT2D eigenvalue weighted by Gasteiger charge is -2.29. The Balaban J connectivity index is 1.16. The van der Waals surface area contributed by atoms with Crippen molar-refractivity contribution in [1.29, 1.82) is 0 Å². The molecule has 0 saturated carbocycles. The van der Waals surface area contributed by atoms with E-state index in [-0.39, 0.29) is 10.8 Å². The summed E-state index contributed by atoms with van der Waals surface area (Å²) in [5.74, 6) is 0.975. The normalized spacial score (nSPS) is 14.3. The molecular formula is C56H56N2. The van der Waals surface area contributed by atoms with Crippen LogP contribution in [0, 0.1) is 13.8 Å². The minimum atomic E-state index is -0.183. The molecule has 0 amide bonds. The SMILES string of the molecule is Cc1cc(N(c2ccccc2)c2ccc(C(C)C)cc2)cc2c1-c1cc3c(cc1C2(C)C)-c1c(C)cc(N(c2ccccc2)c2ccc(C(C)C)cc2)cc1C3(C)C. The van der Waals surface area contributed by atoms with Crippen LogP contribution in [-0.2, 0) is 10.8 Å². The summed E-state index contributed by atoms with van der Waals surface area (Å²) in [5, 5.41) is 0. The molecule has 7 aromatic carbocycles. The molecule has 0 radical (unpaired) electrons. The summed E-state index contributed by atoms with van der Waals surface area (Å²) >= 11 is 0. The third-order valence-electron chi connectivity index (χ3n) is 13.2. The zero-order chi connectivity index (χ0) is 40.7. The fourth-order valence-corrected chi connectivity index (χ4v) is 9.90. The Hall–Kier alpha value is -5.86. The van der Waals surface area contributed by atoms with Crippen molar-refractivity contribution in [2.75, 3.05) is 9.80 Å². The molecular weight excluding hydrogens is 701 g/mol. The molecule has 9 rings (SSSR count). The molecule has 290 valence electrons. The number of aryl methyl sites for hydroxylation is 2. The Labute approximate surface area is 346 Å². The van der Waals surface area contributed by atoms with Crippen LogP contribution in [0.4, 0.5) is 34.1 Å². The summed E-state index contributed by atoms with van der Waals surface area (Å²) in [6, 6.07) is 54.8.